The Bertz CT molecular complexity index is 318. The van der Waals surface area contributed by atoms with Gasteiger partial charge in [-0.05, 0) is 18.8 Å². The largest absolute Gasteiger partial charge is 0.449 e. The van der Waals surface area contributed by atoms with E-state index < -0.39 is 0 Å². The van der Waals surface area contributed by atoms with Crippen LogP contribution in [0.5, 0.6) is 0 Å². The van der Waals surface area contributed by atoms with Gasteiger partial charge in [0.25, 0.3) is 0 Å². The molecule has 0 amide bonds. The predicted octanol–water partition coefficient (Wildman–Crippen LogP) is 1.74. The van der Waals surface area contributed by atoms with Crippen molar-refractivity contribution in [3.05, 3.63) is 17.8 Å². The van der Waals surface area contributed by atoms with E-state index in [9.17, 15) is 0 Å². The van der Waals surface area contributed by atoms with Gasteiger partial charge < -0.3 is 14.3 Å². The maximum Gasteiger partial charge on any atom is 0.194 e. The molecule has 2 unspecified atom stereocenters. The normalized spacial score (nSPS) is 23.2. The standard InChI is InChI=1S/C12H19NO3/c1-9(6-14)11-8-16-12(13-11)5-10-3-2-4-15-7-10/h8-10,14H,2-7H2,1H3. The van der Waals surface area contributed by atoms with Gasteiger partial charge >= 0.3 is 0 Å². The molecule has 1 fully saturated rings. The van der Waals surface area contributed by atoms with Gasteiger partial charge in [0.15, 0.2) is 5.89 Å². The third kappa shape index (κ3) is 2.83. The number of hydrogen-bond acceptors (Lipinski definition) is 4. The van der Waals surface area contributed by atoms with Crippen molar-refractivity contribution in [1.29, 1.82) is 0 Å². The molecule has 1 aliphatic rings. The molecule has 0 spiro atoms. The van der Waals surface area contributed by atoms with Gasteiger partial charge in [-0.15, -0.1) is 0 Å². The molecule has 0 aliphatic carbocycles. The van der Waals surface area contributed by atoms with Crippen LogP contribution in [-0.2, 0) is 11.2 Å². The zero-order chi connectivity index (χ0) is 11.4. The summed E-state index contributed by atoms with van der Waals surface area (Å²) in [4.78, 5) is 4.39. The number of nitrogens with zero attached hydrogens (tertiary/aromatic N) is 1. The van der Waals surface area contributed by atoms with Crippen molar-refractivity contribution >= 4 is 0 Å². The number of aliphatic hydroxyl groups excluding tert-OH is 1. The maximum atomic E-state index is 9.02. The number of rotatable bonds is 4. The van der Waals surface area contributed by atoms with Crippen molar-refractivity contribution in [3.63, 3.8) is 0 Å². The molecule has 1 N–H and O–H groups in total. The van der Waals surface area contributed by atoms with Crippen LogP contribution in [-0.4, -0.2) is 29.9 Å². The van der Waals surface area contributed by atoms with E-state index in [1.165, 1.54) is 6.42 Å². The van der Waals surface area contributed by atoms with E-state index in [1.807, 2.05) is 6.92 Å². The number of aromatic nitrogens is 1. The van der Waals surface area contributed by atoms with Crippen molar-refractivity contribution in [2.45, 2.75) is 32.1 Å². The Balaban J connectivity index is 1.91. The van der Waals surface area contributed by atoms with E-state index in [0.717, 1.165) is 37.6 Å². The van der Waals surface area contributed by atoms with Crippen LogP contribution in [0.1, 0.15) is 37.3 Å². The topological polar surface area (TPSA) is 55.5 Å². The van der Waals surface area contributed by atoms with Crippen molar-refractivity contribution in [2.24, 2.45) is 5.92 Å². The minimum atomic E-state index is 0.0557. The lowest BCUT2D eigenvalue weighted by Crippen LogP contribution is -2.19. The Morgan fingerprint density at radius 2 is 2.50 bits per heavy atom. The van der Waals surface area contributed by atoms with E-state index in [-0.39, 0.29) is 12.5 Å². The summed E-state index contributed by atoms with van der Waals surface area (Å²) in [6.45, 7) is 3.74. The van der Waals surface area contributed by atoms with Gasteiger partial charge in [-0.25, -0.2) is 4.98 Å². The van der Waals surface area contributed by atoms with Crippen molar-refractivity contribution in [1.82, 2.24) is 4.98 Å². The van der Waals surface area contributed by atoms with Crippen LogP contribution in [0.4, 0.5) is 0 Å². The summed E-state index contributed by atoms with van der Waals surface area (Å²) < 4.78 is 10.8. The minimum Gasteiger partial charge on any atom is -0.449 e. The quantitative estimate of drug-likeness (QED) is 0.848. The van der Waals surface area contributed by atoms with E-state index >= 15 is 0 Å². The highest BCUT2D eigenvalue weighted by molar-refractivity contribution is 5.03. The van der Waals surface area contributed by atoms with Crippen LogP contribution in [0, 0.1) is 5.92 Å². The number of aliphatic hydroxyl groups is 1. The predicted molar refractivity (Wildman–Crippen MR) is 59.3 cm³/mol. The first kappa shape index (κ1) is 11.6. The number of hydrogen-bond donors (Lipinski definition) is 1. The Kier molecular flexibility index (Phi) is 3.96. The molecule has 90 valence electrons. The summed E-state index contributed by atoms with van der Waals surface area (Å²) in [5.41, 5.74) is 0.842. The summed E-state index contributed by atoms with van der Waals surface area (Å²) in [7, 11) is 0. The summed E-state index contributed by atoms with van der Waals surface area (Å²) in [6, 6.07) is 0. The van der Waals surface area contributed by atoms with Gasteiger partial charge in [0.1, 0.15) is 6.26 Å². The zero-order valence-electron chi connectivity index (χ0n) is 9.69. The molecule has 4 nitrogen and oxygen atoms in total. The van der Waals surface area contributed by atoms with Crippen LogP contribution in [0.25, 0.3) is 0 Å². The van der Waals surface area contributed by atoms with Crippen molar-refractivity contribution < 1.29 is 14.3 Å². The summed E-state index contributed by atoms with van der Waals surface area (Å²) in [5.74, 6) is 1.36. The highest BCUT2D eigenvalue weighted by Gasteiger charge is 2.18. The van der Waals surface area contributed by atoms with Crippen LogP contribution >= 0.6 is 0 Å². The monoisotopic (exact) mass is 225 g/mol. The molecule has 0 radical (unpaired) electrons. The molecular formula is C12H19NO3. The average Bonchev–Trinajstić information content (AvgIpc) is 2.78. The van der Waals surface area contributed by atoms with Gasteiger partial charge in [0.05, 0.1) is 12.3 Å². The molecule has 1 aromatic rings. The number of ether oxygens (including phenoxy) is 1. The molecule has 1 saturated heterocycles. The van der Waals surface area contributed by atoms with E-state index in [0.29, 0.717) is 5.92 Å². The third-order valence-corrected chi connectivity index (χ3v) is 3.07. The molecule has 0 saturated carbocycles. The van der Waals surface area contributed by atoms with Gasteiger partial charge in [0.2, 0.25) is 0 Å². The highest BCUT2D eigenvalue weighted by Crippen LogP contribution is 2.20. The lowest BCUT2D eigenvalue weighted by atomic mass is 9.99. The van der Waals surface area contributed by atoms with Crippen LogP contribution in [0.2, 0.25) is 0 Å². The fourth-order valence-electron chi connectivity index (χ4n) is 1.95. The van der Waals surface area contributed by atoms with Crippen LogP contribution in [0.15, 0.2) is 10.7 Å². The van der Waals surface area contributed by atoms with Gasteiger partial charge in [-0.1, -0.05) is 6.92 Å². The van der Waals surface area contributed by atoms with E-state index in [4.69, 9.17) is 14.3 Å². The van der Waals surface area contributed by atoms with Crippen LogP contribution in [0.3, 0.4) is 0 Å². The maximum absolute atomic E-state index is 9.02. The molecule has 4 heteroatoms. The molecule has 0 bridgehead atoms. The summed E-state index contributed by atoms with van der Waals surface area (Å²) in [5, 5.41) is 9.02. The first-order valence-electron chi connectivity index (χ1n) is 5.92. The first-order valence-corrected chi connectivity index (χ1v) is 5.92. The zero-order valence-corrected chi connectivity index (χ0v) is 9.69. The Morgan fingerprint density at radius 1 is 1.62 bits per heavy atom. The number of oxazole rings is 1. The molecule has 16 heavy (non-hydrogen) atoms. The van der Waals surface area contributed by atoms with Crippen molar-refractivity contribution in [3.8, 4) is 0 Å². The Labute approximate surface area is 95.6 Å². The van der Waals surface area contributed by atoms with Gasteiger partial charge in [-0.3, -0.25) is 0 Å². The second-order valence-corrected chi connectivity index (χ2v) is 4.54. The molecule has 0 aromatic carbocycles. The Hall–Kier alpha value is -0.870. The second-order valence-electron chi connectivity index (χ2n) is 4.54. The second kappa shape index (κ2) is 5.46. The van der Waals surface area contributed by atoms with Gasteiger partial charge in [0, 0.05) is 25.6 Å². The van der Waals surface area contributed by atoms with Crippen LogP contribution < -0.4 is 0 Å². The smallest absolute Gasteiger partial charge is 0.194 e. The highest BCUT2D eigenvalue weighted by atomic mass is 16.5. The van der Waals surface area contributed by atoms with Crippen molar-refractivity contribution in [2.75, 3.05) is 19.8 Å². The SMILES string of the molecule is CC(CO)c1coc(CC2CCCOC2)n1. The molecule has 1 aromatic heterocycles. The molecule has 1 aliphatic heterocycles. The van der Waals surface area contributed by atoms with E-state index in [2.05, 4.69) is 4.98 Å². The summed E-state index contributed by atoms with van der Waals surface area (Å²) >= 11 is 0. The summed E-state index contributed by atoms with van der Waals surface area (Å²) in [6.07, 6.45) is 4.82. The Morgan fingerprint density at radius 3 is 3.19 bits per heavy atom. The average molecular weight is 225 g/mol. The molecule has 2 rings (SSSR count). The molecule has 2 heterocycles. The lowest BCUT2D eigenvalue weighted by Gasteiger charge is -2.20. The molecular weight excluding hydrogens is 206 g/mol. The van der Waals surface area contributed by atoms with Gasteiger partial charge in [-0.2, -0.15) is 0 Å². The molecule has 2 atom stereocenters. The van der Waals surface area contributed by atoms with E-state index in [1.54, 1.807) is 6.26 Å². The minimum absolute atomic E-state index is 0.0557. The lowest BCUT2D eigenvalue weighted by molar-refractivity contribution is 0.0526. The third-order valence-electron chi connectivity index (χ3n) is 3.07. The fraction of sp³-hybridized carbons (Fsp3) is 0.750. The fourth-order valence-corrected chi connectivity index (χ4v) is 1.95. The first-order chi connectivity index (χ1) is 7.79.